The van der Waals surface area contributed by atoms with Crippen LogP contribution < -0.4 is 37.2 Å². The highest BCUT2D eigenvalue weighted by Crippen LogP contribution is 2.29. The number of carboxylic acids is 2. The molecule has 1 saturated heterocycles. The molecule has 2 aromatic carbocycles. The summed E-state index contributed by atoms with van der Waals surface area (Å²) in [5.41, 5.74) is 1.24. The van der Waals surface area contributed by atoms with Gasteiger partial charge in [-0.15, -0.1) is 0 Å². The van der Waals surface area contributed by atoms with Gasteiger partial charge in [-0.1, -0.05) is 60.7 Å². The van der Waals surface area contributed by atoms with Crippen molar-refractivity contribution in [3.05, 3.63) is 71.8 Å². The van der Waals surface area contributed by atoms with Gasteiger partial charge in [0.15, 0.2) is 0 Å². The minimum Gasteiger partial charge on any atom is -0.481 e. The van der Waals surface area contributed by atoms with Gasteiger partial charge in [-0.3, -0.25) is 33.6 Å². The van der Waals surface area contributed by atoms with Crippen LogP contribution in [-0.4, -0.2) is 118 Å². The SMILES string of the molecule is C[C@@H](NC(=O)[C@@H]1CCCN1)C(=O)N[C@@H](CS)C(=O)NC(C(=O)N[C@@H](CS)C(=O)NCC(=O)N[C@@H](CCC(=O)O)C(=O)O)C(c1ccccc1)c1ccccc1. The third-order valence-electron chi connectivity index (χ3n) is 8.69. The summed E-state index contributed by atoms with van der Waals surface area (Å²) >= 11 is 8.47. The first-order chi connectivity index (χ1) is 26.2. The Kier molecular flexibility index (Phi) is 17.9. The summed E-state index contributed by atoms with van der Waals surface area (Å²) in [5.74, 6) is -8.36. The van der Waals surface area contributed by atoms with Crippen LogP contribution in [0.2, 0.25) is 0 Å². The molecule has 0 radical (unpaired) electrons. The fraction of sp³-hybridized carbons (Fsp3) is 0.444. The van der Waals surface area contributed by atoms with E-state index >= 15 is 0 Å². The number of thiol groups is 2. The van der Waals surface area contributed by atoms with E-state index in [9.17, 15) is 43.5 Å². The average Bonchev–Trinajstić information content (AvgIpc) is 3.72. The number of rotatable bonds is 21. The molecule has 1 aliphatic heterocycles. The van der Waals surface area contributed by atoms with Gasteiger partial charge in [-0.25, -0.2) is 4.79 Å². The Morgan fingerprint density at radius 1 is 0.727 bits per heavy atom. The van der Waals surface area contributed by atoms with Gasteiger partial charge in [-0.05, 0) is 43.9 Å². The number of benzene rings is 2. The van der Waals surface area contributed by atoms with E-state index in [1.807, 2.05) is 0 Å². The van der Waals surface area contributed by atoms with E-state index in [2.05, 4.69) is 62.5 Å². The zero-order valence-corrected chi connectivity index (χ0v) is 31.8. The van der Waals surface area contributed by atoms with Gasteiger partial charge in [0.2, 0.25) is 35.4 Å². The van der Waals surface area contributed by atoms with Crippen molar-refractivity contribution in [3.63, 3.8) is 0 Å². The van der Waals surface area contributed by atoms with Crippen LogP contribution in [0.4, 0.5) is 0 Å². The molecule has 19 heteroatoms. The predicted octanol–water partition coefficient (Wildman–Crippen LogP) is -1.06. The van der Waals surface area contributed by atoms with E-state index in [4.69, 9.17) is 5.11 Å². The lowest BCUT2D eigenvalue weighted by molar-refractivity contribution is -0.143. The molecule has 0 aliphatic carbocycles. The lowest BCUT2D eigenvalue weighted by Gasteiger charge is -2.31. The number of carbonyl (C=O) groups excluding carboxylic acids is 6. The molecule has 1 aliphatic rings. The topological polar surface area (TPSA) is 261 Å². The van der Waals surface area contributed by atoms with Crippen molar-refractivity contribution < 1.29 is 48.6 Å². The lowest BCUT2D eigenvalue weighted by Crippen LogP contribution is -2.60. The van der Waals surface area contributed by atoms with Crippen LogP contribution in [0.5, 0.6) is 0 Å². The van der Waals surface area contributed by atoms with Crippen LogP contribution in [-0.2, 0) is 38.4 Å². The van der Waals surface area contributed by atoms with Gasteiger partial charge < -0.3 is 47.4 Å². The summed E-state index contributed by atoms with van der Waals surface area (Å²) in [6.45, 7) is 1.46. The Labute approximate surface area is 328 Å². The van der Waals surface area contributed by atoms with Gasteiger partial charge >= 0.3 is 11.9 Å². The zero-order valence-electron chi connectivity index (χ0n) is 30.0. The Hall–Kier alpha value is -5.14. The number of nitrogens with one attached hydrogen (secondary N) is 7. The van der Waals surface area contributed by atoms with Gasteiger partial charge in [0.05, 0.1) is 12.6 Å². The highest BCUT2D eigenvalue weighted by Gasteiger charge is 2.37. The molecule has 298 valence electrons. The molecule has 0 saturated carbocycles. The monoisotopic (exact) mass is 801 g/mol. The van der Waals surface area contributed by atoms with Crippen LogP contribution in [0.3, 0.4) is 0 Å². The molecular weight excluding hydrogens is 755 g/mol. The lowest BCUT2D eigenvalue weighted by atomic mass is 9.84. The first kappa shape index (κ1) is 44.3. The average molecular weight is 802 g/mol. The van der Waals surface area contributed by atoms with E-state index in [-0.39, 0.29) is 23.8 Å². The standard InChI is InChI=1S/C36H47N7O10S2/c1-20(39-33(49)23-13-8-16-37-23)31(47)41-26(19-55)34(50)43-30(29(21-9-4-2-5-10-21)22-11-6-3-7-12-22)35(51)42-25(18-54)32(48)38-17-27(44)40-24(36(52)53)14-15-28(45)46/h2-7,9-12,20,23-26,29-30,37,54-55H,8,13-19H2,1H3,(H,38,48)(H,39,49)(H,40,44)(H,41,47)(H,42,51)(H,43,50)(H,45,46)(H,52,53)/t20-,23+,24+,25+,26+,30?/m1/s1. The fourth-order valence-corrected chi connectivity index (χ4v) is 6.26. The van der Waals surface area contributed by atoms with Crippen molar-refractivity contribution in [1.29, 1.82) is 0 Å². The van der Waals surface area contributed by atoms with Gasteiger partial charge in [0.1, 0.15) is 30.2 Å². The highest BCUT2D eigenvalue weighted by atomic mass is 32.1. The minimum atomic E-state index is -1.51. The van der Waals surface area contributed by atoms with Crippen LogP contribution in [0.15, 0.2) is 60.7 Å². The van der Waals surface area contributed by atoms with Gasteiger partial charge in [0, 0.05) is 23.8 Å². The van der Waals surface area contributed by atoms with Crippen molar-refractivity contribution in [3.8, 4) is 0 Å². The first-order valence-electron chi connectivity index (χ1n) is 17.5. The van der Waals surface area contributed by atoms with Crippen LogP contribution >= 0.6 is 25.3 Å². The maximum Gasteiger partial charge on any atom is 0.326 e. The summed E-state index contributed by atoms with van der Waals surface area (Å²) in [6.07, 6.45) is 0.552. The first-order valence-corrected chi connectivity index (χ1v) is 18.8. The summed E-state index contributed by atoms with van der Waals surface area (Å²) in [5, 5.41) is 36.2. The van der Waals surface area contributed by atoms with Gasteiger partial charge in [0.25, 0.3) is 0 Å². The molecule has 55 heavy (non-hydrogen) atoms. The maximum atomic E-state index is 14.2. The number of carboxylic acid groups (broad SMARTS) is 2. The molecule has 17 nitrogen and oxygen atoms in total. The van der Waals surface area contributed by atoms with E-state index < -0.39 is 96.6 Å². The number of aliphatic carboxylic acids is 2. The second-order valence-electron chi connectivity index (χ2n) is 12.8. The Balaban J connectivity index is 1.82. The second-order valence-corrected chi connectivity index (χ2v) is 13.5. The second kappa shape index (κ2) is 22.3. The number of amides is 6. The summed E-state index contributed by atoms with van der Waals surface area (Å²) in [4.78, 5) is 102. The third kappa shape index (κ3) is 13.9. The van der Waals surface area contributed by atoms with Crippen molar-refractivity contribution >= 4 is 72.6 Å². The van der Waals surface area contributed by atoms with E-state index in [1.165, 1.54) is 6.92 Å². The smallest absolute Gasteiger partial charge is 0.326 e. The van der Waals surface area contributed by atoms with E-state index in [1.54, 1.807) is 60.7 Å². The molecule has 3 rings (SSSR count). The van der Waals surface area contributed by atoms with Crippen LogP contribution in [0.1, 0.15) is 49.7 Å². The fourth-order valence-electron chi connectivity index (χ4n) is 5.75. The molecule has 6 amide bonds. The number of carbonyl (C=O) groups is 8. The Morgan fingerprint density at radius 2 is 1.29 bits per heavy atom. The maximum absolute atomic E-state index is 14.2. The zero-order chi connectivity index (χ0) is 40.5. The van der Waals surface area contributed by atoms with Crippen LogP contribution in [0, 0.1) is 0 Å². The molecule has 2 aromatic rings. The molecule has 1 unspecified atom stereocenters. The largest absolute Gasteiger partial charge is 0.481 e. The molecule has 9 N–H and O–H groups in total. The minimum absolute atomic E-state index is 0.180. The van der Waals surface area contributed by atoms with Crippen molar-refractivity contribution in [2.75, 3.05) is 24.6 Å². The van der Waals surface area contributed by atoms with Crippen LogP contribution in [0.25, 0.3) is 0 Å². The molecule has 6 atom stereocenters. The summed E-state index contributed by atoms with van der Waals surface area (Å²) < 4.78 is 0. The Bertz CT molecular complexity index is 1620. The predicted molar refractivity (Wildman–Crippen MR) is 206 cm³/mol. The third-order valence-corrected chi connectivity index (χ3v) is 9.42. The van der Waals surface area contributed by atoms with E-state index in [0.29, 0.717) is 24.1 Å². The molecule has 1 heterocycles. The molecular formula is C36H47N7O10S2. The van der Waals surface area contributed by atoms with E-state index in [0.717, 1.165) is 6.42 Å². The van der Waals surface area contributed by atoms with Gasteiger partial charge in [-0.2, -0.15) is 25.3 Å². The molecule has 1 fully saturated rings. The summed E-state index contributed by atoms with van der Waals surface area (Å²) in [6, 6.07) is 10.6. The highest BCUT2D eigenvalue weighted by molar-refractivity contribution is 7.80. The van der Waals surface area contributed by atoms with Crippen molar-refractivity contribution in [1.82, 2.24) is 37.2 Å². The summed E-state index contributed by atoms with van der Waals surface area (Å²) in [7, 11) is 0. The number of hydrogen-bond acceptors (Lipinski definition) is 11. The van der Waals surface area contributed by atoms with Crippen molar-refractivity contribution in [2.45, 2.75) is 74.8 Å². The molecule has 0 spiro atoms. The quantitative estimate of drug-likeness (QED) is 0.0679. The molecule has 0 bridgehead atoms. The Morgan fingerprint density at radius 3 is 1.80 bits per heavy atom. The normalized spacial score (nSPS) is 16.3. The number of hydrogen-bond donors (Lipinski definition) is 11. The van der Waals surface area contributed by atoms with Crippen molar-refractivity contribution in [2.24, 2.45) is 0 Å². The molecule has 0 aromatic heterocycles.